The van der Waals surface area contributed by atoms with E-state index in [1.807, 2.05) is 121 Å². The molecule has 1 heterocycles. The summed E-state index contributed by atoms with van der Waals surface area (Å²) >= 11 is 0. The maximum atomic E-state index is 13.9. The Morgan fingerprint density at radius 2 is 1.21 bits per heavy atom. The monoisotopic (exact) mass is 717 g/mol. The van der Waals surface area contributed by atoms with Gasteiger partial charge in [-0.2, -0.15) is 0 Å². The number of rotatable bonds is 14. The Morgan fingerprint density at radius 1 is 0.692 bits per heavy atom. The van der Waals surface area contributed by atoms with Gasteiger partial charge in [-0.05, 0) is 59.8 Å². The number of aliphatic hydroxyl groups excluding tert-OH is 1. The molecule has 0 bridgehead atoms. The smallest absolute Gasteiger partial charge is 0.407 e. The standard InChI is InChI=1S/C40H55N5O7/c1-25-15-20-30(41-24-25)28-18-16-27(17-19-28)21-29(42-35(47)33(39(2,3)4)44-37(49)51-8)23-32(46)31(22-26-13-11-10-12-14-26)43-36(48)34(40(5,6)7)45-38(50)52-9/h10-20,24,29,31-34,46H,21-23H2,1-9H3,(H,42,47)(H,43,48)(H,44,49)(H,45,50)/t29-,31-,32-,33+,34+/m0/s1. The van der Waals surface area contributed by atoms with Crippen LogP contribution in [0.3, 0.4) is 0 Å². The number of hydrogen-bond donors (Lipinski definition) is 5. The predicted octanol–water partition coefficient (Wildman–Crippen LogP) is 5.10. The van der Waals surface area contributed by atoms with E-state index in [1.165, 1.54) is 14.2 Å². The van der Waals surface area contributed by atoms with E-state index in [0.29, 0.717) is 6.42 Å². The molecule has 3 rings (SSSR count). The van der Waals surface area contributed by atoms with Crippen molar-refractivity contribution in [3.63, 3.8) is 0 Å². The molecular formula is C40H55N5O7. The molecule has 0 saturated carbocycles. The van der Waals surface area contributed by atoms with Crippen LogP contribution in [-0.4, -0.2) is 78.6 Å². The van der Waals surface area contributed by atoms with Crippen LogP contribution in [0.5, 0.6) is 0 Å². The molecule has 282 valence electrons. The van der Waals surface area contributed by atoms with Crippen molar-refractivity contribution in [1.29, 1.82) is 0 Å². The first-order chi connectivity index (χ1) is 24.4. The van der Waals surface area contributed by atoms with Crippen LogP contribution >= 0.6 is 0 Å². The molecule has 0 radical (unpaired) electrons. The summed E-state index contributed by atoms with van der Waals surface area (Å²) in [7, 11) is 2.45. The van der Waals surface area contributed by atoms with Crippen molar-refractivity contribution < 1.29 is 33.8 Å². The van der Waals surface area contributed by atoms with Gasteiger partial charge in [-0.25, -0.2) is 9.59 Å². The zero-order chi connectivity index (χ0) is 38.6. The Hall–Kier alpha value is -4.97. The molecule has 0 saturated heterocycles. The quantitative estimate of drug-likeness (QED) is 0.154. The minimum absolute atomic E-state index is 0.0461. The van der Waals surface area contributed by atoms with Crippen LogP contribution in [0.2, 0.25) is 0 Å². The zero-order valence-corrected chi connectivity index (χ0v) is 31.8. The lowest BCUT2D eigenvalue weighted by Gasteiger charge is -2.34. The molecule has 5 atom stereocenters. The summed E-state index contributed by atoms with van der Waals surface area (Å²) in [5.74, 6) is -0.942. The van der Waals surface area contributed by atoms with E-state index in [-0.39, 0.29) is 12.8 Å². The molecule has 1 aromatic heterocycles. The van der Waals surface area contributed by atoms with Gasteiger partial charge in [-0.1, -0.05) is 102 Å². The Bertz CT molecular complexity index is 1620. The van der Waals surface area contributed by atoms with Gasteiger partial charge in [0.1, 0.15) is 12.1 Å². The van der Waals surface area contributed by atoms with E-state index in [9.17, 15) is 24.3 Å². The molecule has 5 N–H and O–H groups in total. The fourth-order valence-electron chi connectivity index (χ4n) is 5.79. The van der Waals surface area contributed by atoms with Crippen LogP contribution in [0.15, 0.2) is 72.9 Å². The molecule has 0 aliphatic carbocycles. The largest absolute Gasteiger partial charge is 0.453 e. The normalized spacial score (nSPS) is 14.5. The van der Waals surface area contributed by atoms with E-state index in [0.717, 1.165) is 27.9 Å². The summed E-state index contributed by atoms with van der Waals surface area (Å²) in [5.41, 5.74) is 3.21. The molecule has 12 nitrogen and oxygen atoms in total. The number of methoxy groups -OCH3 is 2. The fraction of sp³-hybridized carbons (Fsp3) is 0.475. The predicted molar refractivity (Wildman–Crippen MR) is 200 cm³/mol. The van der Waals surface area contributed by atoms with Gasteiger partial charge in [-0.15, -0.1) is 0 Å². The van der Waals surface area contributed by atoms with Crippen LogP contribution in [0.1, 0.15) is 64.7 Å². The van der Waals surface area contributed by atoms with Gasteiger partial charge in [0.25, 0.3) is 0 Å². The Balaban J connectivity index is 1.96. The second kappa shape index (κ2) is 18.5. The minimum Gasteiger partial charge on any atom is -0.453 e. The third kappa shape index (κ3) is 12.7. The van der Waals surface area contributed by atoms with Gasteiger partial charge in [-0.3, -0.25) is 14.6 Å². The number of ether oxygens (including phenoxy) is 2. The second-order valence-corrected chi connectivity index (χ2v) is 15.3. The van der Waals surface area contributed by atoms with Gasteiger partial charge >= 0.3 is 12.2 Å². The molecule has 0 unspecified atom stereocenters. The van der Waals surface area contributed by atoms with E-state index in [4.69, 9.17) is 9.47 Å². The number of aryl methyl sites for hydroxylation is 1. The fourth-order valence-corrected chi connectivity index (χ4v) is 5.79. The zero-order valence-electron chi connectivity index (χ0n) is 31.8. The maximum Gasteiger partial charge on any atom is 0.407 e. The number of pyridine rings is 1. The lowest BCUT2D eigenvalue weighted by Crippen LogP contribution is -2.59. The summed E-state index contributed by atoms with van der Waals surface area (Å²) in [6.07, 6.45) is -0.182. The summed E-state index contributed by atoms with van der Waals surface area (Å²) in [4.78, 5) is 56.6. The minimum atomic E-state index is -1.15. The highest BCUT2D eigenvalue weighted by molar-refractivity contribution is 5.87. The first-order valence-electron chi connectivity index (χ1n) is 17.4. The van der Waals surface area contributed by atoms with Gasteiger partial charge in [0.15, 0.2) is 0 Å². The van der Waals surface area contributed by atoms with Gasteiger partial charge in [0.2, 0.25) is 11.8 Å². The summed E-state index contributed by atoms with van der Waals surface area (Å²) in [5, 5.41) is 23.2. The molecule has 0 spiro atoms. The highest BCUT2D eigenvalue weighted by Crippen LogP contribution is 2.24. The number of benzene rings is 2. The number of carbonyl (C=O) groups is 4. The Labute approximate surface area is 307 Å². The molecule has 0 aliphatic rings. The molecule has 2 aromatic carbocycles. The number of amides is 4. The van der Waals surface area contributed by atoms with Gasteiger partial charge < -0.3 is 35.8 Å². The van der Waals surface area contributed by atoms with Crippen molar-refractivity contribution >= 4 is 24.0 Å². The van der Waals surface area contributed by atoms with Crippen molar-refractivity contribution in [2.45, 2.75) is 98.0 Å². The topological polar surface area (TPSA) is 168 Å². The van der Waals surface area contributed by atoms with Crippen LogP contribution in [-0.2, 0) is 31.9 Å². The van der Waals surface area contributed by atoms with Crippen LogP contribution in [0.4, 0.5) is 9.59 Å². The Morgan fingerprint density at radius 3 is 1.69 bits per heavy atom. The third-order valence-electron chi connectivity index (χ3n) is 8.76. The summed E-state index contributed by atoms with van der Waals surface area (Å²) in [6.45, 7) is 12.9. The highest BCUT2D eigenvalue weighted by atomic mass is 16.5. The molecule has 3 aromatic rings. The van der Waals surface area contributed by atoms with E-state index in [2.05, 4.69) is 26.3 Å². The average Bonchev–Trinajstić information content (AvgIpc) is 3.08. The van der Waals surface area contributed by atoms with Crippen molar-refractivity contribution in [2.75, 3.05) is 14.2 Å². The number of hydrogen-bond acceptors (Lipinski definition) is 8. The maximum absolute atomic E-state index is 13.9. The number of aromatic nitrogens is 1. The van der Waals surface area contributed by atoms with Gasteiger partial charge in [0.05, 0.1) is 32.1 Å². The first-order valence-corrected chi connectivity index (χ1v) is 17.4. The average molecular weight is 718 g/mol. The van der Waals surface area contributed by atoms with E-state index in [1.54, 1.807) is 0 Å². The van der Waals surface area contributed by atoms with E-state index < -0.39 is 65.1 Å². The van der Waals surface area contributed by atoms with Gasteiger partial charge in [0, 0.05) is 17.8 Å². The van der Waals surface area contributed by atoms with Crippen LogP contribution in [0, 0.1) is 17.8 Å². The Kier molecular flexibility index (Phi) is 14.7. The first kappa shape index (κ1) is 41.5. The van der Waals surface area contributed by atoms with Crippen molar-refractivity contribution in [3.05, 3.63) is 89.6 Å². The second-order valence-electron chi connectivity index (χ2n) is 15.3. The molecular weight excluding hydrogens is 662 g/mol. The number of nitrogens with one attached hydrogen (secondary N) is 4. The SMILES string of the molecule is COC(=O)N[C@H](C(=O)N[C@@H](Cc1ccc(-c2ccc(C)cn2)cc1)C[C@H](O)[C@H](Cc1ccccc1)NC(=O)[C@@H](NC(=O)OC)C(C)(C)C)C(C)(C)C. The molecule has 4 amide bonds. The molecule has 52 heavy (non-hydrogen) atoms. The van der Waals surface area contributed by atoms with Crippen molar-refractivity contribution in [3.8, 4) is 11.3 Å². The number of alkyl carbamates (subject to hydrolysis) is 2. The molecule has 0 aliphatic heterocycles. The van der Waals surface area contributed by atoms with Crippen LogP contribution < -0.4 is 21.3 Å². The lowest BCUT2D eigenvalue weighted by molar-refractivity contribution is -0.128. The number of nitrogens with zero attached hydrogens (tertiary/aromatic N) is 1. The van der Waals surface area contributed by atoms with Crippen molar-refractivity contribution in [2.24, 2.45) is 10.8 Å². The van der Waals surface area contributed by atoms with E-state index >= 15 is 0 Å². The van der Waals surface area contributed by atoms with Crippen LogP contribution in [0.25, 0.3) is 11.3 Å². The summed E-state index contributed by atoms with van der Waals surface area (Å²) in [6, 6.07) is 17.8. The highest BCUT2D eigenvalue weighted by Gasteiger charge is 2.37. The lowest BCUT2D eigenvalue weighted by atomic mass is 9.85. The summed E-state index contributed by atoms with van der Waals surface area (Å²) < 4.78 is 9.57. The number of aliphatic hydroxyl groups is 1. The van der Waals surface area contributed by atoms with Crippen molar-refractivity contribution in [1.82, 2.24) is 26.3 Å². The number of carbonyl (C=O) groups excluding carboxylic acids is 4. The molecule has 0 fully saturated rings. The molecule has 12 heteroatoms. The third-order valence-corrected chi connectivity index (χ3v) is 8.76.